The predicted molar refractivity (Wildman–Crippen MR) is 52.5 cm³/mol. The molecule has 0 saturated carbocycles. The zero-order valence-corrected chi connectivity index (χ0v) is 7.94. The van der Waals surface area contributed by atoms with Gasteiger partial charge in [-0.1, -0.05) is 5.16 Å². The second-order valence-electron chi connectivity index (χ2n) is 2.35. The minimum atomic E-state index is 0.619. The van der Waals surface area contributed by atoms with Gasteiger partial charge < -0.3 is 4.52 Å². The van der Waals surface area contributed by atoms with Gasteiger partial charge in [-0.15, -0.1) is 0 Å². The van der Waals surface area contributed by atoms with Crippen LogP contribution >= 0.6 is 24.0 Å². The standard InChI is InChI=1S/C8H7NOS2/c11-4-7-3-8(10-9-7)6-1-2-12-5-6/h1-3,5,11H,4H2. The maximum absolute atomic E-state index is 5.11. The maximum Gasteiger partial charge on any atom is 0.167 e. The van der Waals surface area contributed by atoms with Crippen molar-refractivity contribution in [3.05, 3.63) is 28.6 Å². The van der Waals surface area contributed by atoms with Crippen LogP contribution in [0.15, 0.2) is 27.4 Å². The van der Waals surface area contributed by atoms with E-state index in [1.54, 1.807) is 11.3 Å². The molecule has 0 bridgehead atoms. The number of thiophene rings is 1. The van der Waals surface area contributed by atoms with Crippen molar-refractivity contribution in [2.75, 3.05) is 0 Å². The summed E-state index contributed by atoms with van der Waals surface area (Å²) in [7, 11) is 0. The first kappa shape index (κ1) is 7.89. The lowest BCUT2D eigenvalue weighted by molar-refractivity contribution is 0.426. The van der Waals surface area contributed by atoms with E-state index < -0.39 is 0 Å². The van der Waals surface area contributed by atoms with Gasteiger partial charge in [-0.2, -0.15) is 24.0 Å². The van der Waals surface area contributed by atoms with Crippen LogP contribution in [0, 0.1) is 0 Å². The van der Waals surface area contributed by atoms with Gasteiger partial charge in [0.25, 0.3) is 0 Å². The number of nitrogens with zero attached hydrogens (tertiary/aromatic N) is 1. The molecule has 0 N–H and O–H groups in total. The van der Waals surface area contributed by atoms with Gasteiger partial charge in [-0.25, -0.2) is 0 Å². The number of thiol groups is 1. The Labute approximate surface area is 79.6 Å². The first-order valence-electron chi connectivity index (χ1n) is 3.49. The summed E-state index contributed by atoms with van der Waals surface area (Å²) in [4.78, 5) is 0. The van der Waals surface area contributed by atoms with E-state index >= 15 is 0 Å². The van der Waals surface area contributed by atoms with Crippen LogP contribution in [0.1, 0.15) is 5.69 Å². The molecule has 0 fully saturated rings. The Hall–Kier alpha value is -0.740. The Morgan fingerprint density at radius 2 is 2.50 bits per heavy atom. The van der Waals surface area contributed by atoms with Crippen molar-refractivity contribution >= 4 is 24.0 Å². The molecular formula is C8H7NOS2. The average molecular weight is 197 g/mol. The van der Waals surface area contributed by atoms with Gasteiger partial charge in [0.05, 0.1) is 5.69 Å². The van der Waals surface area contributed by atoms with Gasteiger partial charge in [-0.05, 0) is 11.4 Å². The highest BCUT2D eigenvalue weighted by atomic mass is 32.1. The van der Waals surface area contributed by atoms with Crippen LogP contribution in [0.4, 0.5) is 0 Å². The van der Waals surface area contributed by atoms with E-state index in [1.807, 2.05) is 22.9 Å². The zero-order valence-electron chi connectivity index (χ0n) is 6.23. The van der Waals surface area contributed by atoms with Crippen LogP contribution in [0.25, 0.3) is 11.3 Å². The Morgan fingerprint density at radius 3 is 3.08 bits per heavy atom. The van der Waals surface area contributed by atoms with E-state index in [9.17, 15) is 0 Å². The van der Waals surface area contributed by atoms with Crippen molar-refractivity contribution < 1.29 is 4.52 Å². The third kappa shape index (κ3) is 1.40. The Kier molecular flexibility index (Phi) is 2.19. The minimum Gasteiger partial charge on any atom is -0.356 e. The summed E-state index contributed by atoms with van der Waals surface area (Å²) in [5.41, 5.74) is 1.96. The van der Waals surface area contributed by atoms with Crippen LogP contribution in [0.3, 0.4) is 0 Å². The van der Waals surface area contributed by atoms with Gasteiger partial charge in [-0.3, -0.25) is 0 Å². The minimum absolute atomic E-state index is 0.619. The lowest BCUT2D eigenvalue weighted by atomic mass is 10.2. The molecule has 2 heterocycles. The number of hydrogen-bond acceptors (Lipinski definition) is 4. The summed E-state index contributed by atoms with van der Waals surface area (Å²) in [6, 6.07) is 3.92. The molecule has 0 radical (unpaired) electrons. The SMILES string of the molecule is SCc1cc(-c2ccsc2)on1. The number of rotatable bonds is 2. The van der Waals surface area contributed by atoms with E-state index in [0.717, 1.165) is 17.0 Å². The van der Waals surface area contributed by atoms with Gasteiger partial charge in [0, 0.05) is 22.8 Å². The summed E-state index contributed by atoms with van der Waals surface area (Å²) in [6.45, 7) is 0. The Balaban J connectivity index is 2.35. The molecule has 2 aromatic rings. The topological polar surface area (TPSA) is 26.0 Å². The Morgan fingerprint density at radius 1 is 1.58 bits per heavy atom. The van der Waals surface area contributed by atoms with Crippen LogP contribution in [-0.4, -0.2) is 5.16 Å². The van der Waals surface area contributed by atoms with E-state index in [-0.39, 0.29) is 0 Å². The largest absolute Gasteiger partial charge is 0.356 e. The van der Waals surface area contributed by atoms with Crippen LogP contribution < -0.4 is 0 Å². The molecule has 12 heavy (non-hydrogen) atoms. The molecule has 0 unspecified atom stereocenters. The first-order valence-corrected chi connectivity index (χ1v) is 5.06. The third-order valence-electron chi connectivity index (χ3n) is 1.53. The molecule has 0 amide bonds. The molecule has 62 valence electrons. The smallest absolute Gasteiger partial charge is 0.167 e. The van der Waals surface area contributed by atoms with Crippen LogP contribution in [0.5, 0.6) is 0 Å². The lowest BCUT2D eigenvalue weighted by Gasteiger charge is -1.83. The molecule has 0 saturated heterocycles. The van der Waals surface area contributed by atoms with Crippen molar-refractivity contribution in [1.82, 2.24) is 5.16 Å². The van der Waals surface area contributed by atoms with Crippen molar-refractivity contribution in [2.45, 2.75) is 5.75 Å². The third-order valence-corrected chi connectivity index (χ3v) is 2.53. The van der Waals surface area contributed by atoms with Gasteiger partial charge >= 0.3 is 0 Å². The van der Waals surface area contributed by atoms with Gasteiger partial charge in [0.1, 0.15) is 0 Å². The molecule has 0 aromatic carbocycles. The summed E-state index contributed by atoms with van der Waals surface area (Å²) in [6.07, 6.45) is 0. The molecule has 0 aliphatic heterocycles. The molecule has 2 aromatic heterocycles. The van der Waals surface area contributed by atoms with Gasteiger partial charge in [0.15, 0.2) is 5.76 Å². The zero-order chi connectivity index (χ0) is 8.39. The second-order valence-corrected chi connectivity index (χ2v) is 3.45. The highest BCUT2D eigenvalue weighted by molar-refractivity contribution is 7.79. The first-order chi connectivity index (χ1) is 5.90. The second kappa shape index (κ2) is 3.33. The fourth-order valence-electron chi connectivity index (χ4n) is 0.927. The van der Waals surface area contributed by atoms with Crippen LogP contribution in [-0.2, 0) is 5.75 Å². The molecular weight excluding hydrogens is 190 g/mol. The molecule has 0 atom stereocenters. The summed E-state index contributed by atoms with van der Waals surface area (Å²) >= 11 is 5.75. The molecule has 4 heteroatoms. The molecule has 2 nitrogen and oxygen atoms in total. The average Bonchev–Trinajstić information content (AvgIpc) is 2.75. The molecule has 2 rings (SSSR count). The fraction of sp³-hybridized carbons (Fsp3) is 0.125. The number of hydrogen-bond donors (Lipinski definition) is 1. The van der Waals surface area contributed by atoms with E-state index in [0.29, 0.717) is 5.75 Å². The quantitative estimate of drug-likeness (QED) is 0.749. The summed E-state index contributed by atoms with van der Waals surface area (Å²) in [5.74, 6) is 1.44. The molecule has 0 aliphatic rings. The normalized spacial score (nSPS) is 10.4. The fourth-order valence-corrected chi connectivity index (χ4v) is 1.72. The van der Waals surface area contributed by atoms with E-state index in [1.165, 1.54) is 0 Å². The van der Waals surface area contributed by atoms with Crippen molar-refractivity contribution in [3.63, 3.8) is 0 Å². The highest BCUT2D eigenvalue weighted by Gasteiger charge is 2.04. The number of aromatic nitrogens is 1. The lowest BCUT2D eigenvalue weighted by Crippen LogP contribution is -1.70. The monoisotopic (exact) mass is 197 g/mol. The predicted octanol–water partition coefficient (Wildman–Crippen LogP) is 2.83. The maximum atomic E-state index is 5.11. The summed E-state index contributed by atoms with van der Waals surface area (Å²) in [5, 5.41) is 7.89. The Bertz CT molecular complexity index is 353. The molecule has 0 aliphatic carbocycles. The molecule has 0 spiro atoms. The summed E-state index contributed by atoms with van der Waals surface area (Å²) < 4.78 is 5.11. The highest BCUT2D eigenvalue weighted by Crippen LogP contribution is 2.22. The van der Waals surface area contributed by atoms with E-state index in [2.05, 4.69) is 17.8 Å². The van der Waals surface area contributed by atoms with Crippen molar-refractivity contribution in [1.29, 1.82) is 0 Å². The van der Waals surface area contributed by atoms with E-state index in [4.69, 9.17) is 4.52 Å². The van der Waals surface area contributed by atoms with Gasteiger partial charge in [0.2, 0.25) is 0 Å². The van der Waals surface area contributed by atoms with Crippen LogP contribution in [0.2, 0.25) is 0 Å². The van der Waals surface area contributed by atoms with Crippen molar-refractivity contribution in [3.8, 4) is 11.3 Å². The van der Waals surface area contributed by atoms with Crippen molar-refractivity contribution in [2.24, 2.45) is 0 Å².